The van der Waals surface area contributed by atoms with E-state index in [1.54, 1.807) is 6.26 Å². The van der Waals surface area contributed by atoms with E-state index in [0.29, 0.717) is 5.95 Å². The first kappa shape index (κ1) is 13.1. The lowest BCUT2D eigenvalue weighted by atomic mass is 10.2. The van der Waals surface area contributed by atoms with Gasteiger partial charge in [-0.25, -0.2) is 4.98 Å². The lowest BCUT2D eigenvalue weighted by Crippen LogP contribution is -2.14. The van der Waals surface area contributed by atoms with Crippen molar-refractivity contribution in [1.82, 2.24) is 9.55 Å². The number of imidazole rings is 1. The SMILES string of the molecule is Cc1ccc2nc(N)n(CCC(C)S(C)=O)c2c1. The molecule has 0 bridgehead atoms. The highest BCUT2D eigenvalue weighted by molar-refractivity contribution is 7.84. The van der Waals surface area contributed by atoms with Crippen LogP contribution in [0, 0.1) is 6.92 Å². The Bertz CT molecular complexity index is 591. The van der Waals surface area contributed by atoms with Crippen molar-refractivity contribution in [1.29, 1.82) is 0 Å². The van der Waals surface area contributed by atoms with Gasteiger partial charge < -0.3 is 10.3 Å². The van der Waals surface area contributed by atoms with Crippen molar-refractivity contribution in [3.05, 3.63) is 23.8 Å². The number of benzene rings is 1. The van der Waals surface area contributed by atoms with Crippen LogP contribution in [0.2, 0.25) is 0 Å². The molecule has 0 aliphatic rings. The van der Waals surface area contributed by atoms with Crippen LogP contribution in [0.4, 0.5) is 5.95 Å². The highest BCUT2D eigenvalue weighted by Gasteiger charge is 2.11. The summed E-state index contributed by atoms with van der Waals surface area (Å²) < 4.78 is 13.4. The minimum atomic E-state index is -0.791. The largest absolute Gasteiger partial charge is 0.369 e. The first-order valence-electron chi connectivity index (χ1n) is 6.03. The monoisotopic (exact) mass is 265 g/mol. The minimum Gasteiger partial charge on any atom is -0.369 e. The van der Waals surface area contributed by atoms with Crippen LogP contribution < -0.4 is 5.73 Å². The first-order chi connectivity index (χ1) is 8.49. The molecule has 0 saturated carbocycles. The van der Waals surface area contributed by atoms with Crippen LogP contribution in [0.1, 0.15) is 18.9 Å². The molecule has 1 aromatic carbocycles. The molecular weight excluding hydrogens is 246 g/mol. The molecule has 0 aliphatic carbocycles. The molecule has 1 heterocycles. The van der Waals surface area contributed by atoms with E-state index in [9.17, 15) is 4.21 Å². The molecule has 18 heavy (non-hydrogen) atoms. The van der Waals surface area contributed by atoms with E-state index in [1.165, 1.54) is 5.56 Å². The fraction of sp³-hybridized carbons (Fsp3) is 0.462. The lowest BCUT2D eigenvalue weighted by Gasteiger charge is -2.10. The molecule has 1 aromatic heterocycles. The number of nitrogen functional groups attached to an aromatic ring is 1. The van der Waals surface area contributed by atoms with E-state index >= 15 is 0 Å². The molecule has 2 unspecified atom stereocenters. The van der Waals surface area contributed by atoms with Gasteiger partial charge in [0.15, 0.2) is 0 Å². The fourth-order valence-electron chi connectivity index (χ4n) is 1.96. The Kier molecular flexibility index (Phi) is 3.71. The van der Waals surface area contributed by atoms with E-state index in [2.05, 4.69) is 18.0 Å². The van der Waals surface area contributed by atoms with Gasteiger partial charge in [-0.3, -0.25) is 4.21 Å². The standard InChI is InChI=1S/C13H19N3OS/c1-9-4-5-11-12(8-9)16(13(14)15-11)7-6-10(2)18(3)17/h4-5,8,10H,6-7H2,1-3H3,(H2,14,15). The maximum atomic E-state index is 11.4. The maximum absolute atomic E-state index is 11.4. The van der Waals surface area contributed by atoms with Gasteiger partial charge in [0.1, 0.15) is 0 Å². The van der Waals surface area contributed by atoms with Gasteiger partial charge in [-0.1, -0.05) is 13.0 Å². The van der Waals surface area contributed by atoms with Crippen LogP contribution in [0.5, 0.6) is 0 Å². The third kappa shape index (κ3) is 2.56. The van der Waals surface area contributed by atoms with Gasteiger partial charge in [-0.2, -0.15) is 0 Å². The topological polar surface area (TPSA) is 60.9 Å². The zero-order valence-electron chi connectivity index (χ0n) is 11.0. The van der Waals surface area contributed by atoms with Crippen molar-refractivity contribution >= 4 is 27.8 Å². The van der Waals surface area contributed by atoms with Gasteiger partial charge in [0.25, 0.3) is 0 Å². The molecule has 5 heteroatoms. The van der Waals surface area contributed by atoms with Crippen molar-refractivity contribution < 1.29 is 4.21 Å². The van der Waals surface area contributed by atoms with Crippen molar-refractivity contribution in [3.63, 3.8) is 0 Å². The van der Waals surface area contributed by atoms with E-state index in [0.717, 1.165) is 24.0 Å². The number of fused-ring (bicyclic) bond motifs is 1. The summed E-state index contributed by atoms with van der Waals surface area (Å²) in [5, 5.41) is 0.173. The van der Waals surface area contributed by atoms with E-state index in [4.69, 9.17) is 5.73 Å². The number of hydrogen-bond donors (Lipinski definition) is 1. The van der Waals surface area contributed by atoms with Crippen molar-refractivity contribution in [2.24, 2.45) is 0 Å². The Balaban J connectivity index is 2.29. The van der Waals surface area contributed by atoms with Crippen molar-refractivity contribution in [2.75, 3.05) is 12.0 Å². The van der Waals surface area contributed by atoms with Gasteiger partial charge in [-0.15, -0.1) is 0 Å². The van der Waals surface area contributed by atoms with E-state index in [-0.39, 0.29) is 5.25 Å². The second-order valence-electron chi connectivity index (χ2n) is 4.71. The third-order valence-electron chi connectivity index (χ3n) is 3.26. The van der Waals surface area contributed by atoms with Crippen LogP contribution >= 0.6 is 0 Å². The summed E-state index contributed by atoms with van der Waals surface area (Å²) >= 11 is 0. The van der Waals surface area contributed by atoms with Crippen LogP contribution in [-0.2, 0) is 17.3 Å². The Labute approximate surface area is 110 Å². The Morgan fingerprint density at radius 2 is 2.22 bits per heavy atom. The van der Waals surface area contributed by atoms with Gasteiger partial charge in [0.2, 0.25) is 5.95 Å². The summed E-state index contributed by atoms with van der Waals surface area (Å²) in [6.07, 6.45) is 2.58. The normalized spacial score (nSPS) is 14.8. The Morgan fingerprint density at radius 1 is 1.50 bits per heavy atom. The van der Waals surface area contributed by atoms with E-state index in [1.807, 2.05) is 23.6 Å². The highest BCUT2D eigenvalue weighted by Crippen LogP contribution is 2.20. The van der Waals surface area contributed by atoms with Crippen LogP contribution in [0.3, 0.4) is 0 Å². The lowest BCUT2D eigenvalue weighted by molar-refractivity contribution is 0.633. The van der Waals surface area contributed by atoms with Gasteiger partial charge in [0, 0.05) is 28.9 Å². The molecule has 2 rings (SSSR count). The second kappa shape index (κ2) is 5.10. The fourth-order valence-corrected chi connectivity index (χ4v) is 2.40. The quantitative estimate of drug-likeness (QED) is 0.920. The number of rotatable bonds is 4. The molecule has 2 atom stereocenters. The predicted octanol–water partition coefficient (Wildman–Crippen LogP) is 2.08. The van der Waals surface area contributed by atoms with Gasteiger partial charge in [0.05, 0.1) is 11.0 Å². The van der Waals surface area contributed by atoms with E-state index < -0.39 is 10.8 Å². The molecule has 0 radical (unpaired) electrons. The molecule has 2 aromatic rings. The van der Waals surface area contributed by atoms with Crippen molar-refractivity contribution in [2.45, 2.75) is 32.1 Å². The van der Waals surface area contributed by atoms with Crippen LogP contribution in [-0.4, -0.2) is 25.3 Å². The second-order valence-corrected chi connectivity index (χ2v) is 6.51. The zero-order chi connectivity index (χ0) is 13.3. The number of aromatic nitrogens is 2. The third-order valence-corrected chi connectivity index (χ3v) is 4.63. The summed E-state index contributed by atoms with van der Waals surface area (Å²) in [5.74, 6) is 0.532. The Hall–Kier alpha value is -1.36. The van der Waals surface area contributed by atoms with Gasteiger partial charge >= 0.3 is 0 Å². The first-order valence-corrected chi connectivity index (χ1v) is 7.65. The van der Waals surface area contributed by atoms with Crippen LogP contribution in [0.25, 0.3) is 11.0 Å². The molecule has 0 spiro atoms. The highest BCUT2D eigenvalue weighted by atomic mass is 32.2. The molecule has 0 aliphatic heterocycles. The molecule has 2 N–H and O–H groups in total. The molecule has 4 nitrogen and oxygen atoms in total. The molecule has 0 amide bonds. The number of nitrogens with two attached hydrogens (primary N) is 1. The molecular formula is C13H19N3OS. The summed E-state index contributed by atoms with van der Waals surface area (Å²) in [5.41, 5.74) is 9.11. The average molecular weight is 265 g/mol. The van der Waals surface area contributed by atoms with Crippen molar-refractivity contribution in [3.8, 4) is 0 Å². The molecule has 0 fully saturated rings. The molecule has 0 saturated heterocycles. The number of anilines is 1. The predicted molar refractivity (Wildman–Crippen MR) is 77.0 cm³/mol. The molecule has 98 valence electrons. The maximum Gasteiger partial charge on any atom is 0.201 e. The number of aryl methyl sites for hydroxylation is 2. The van der Waals surface area contributed by atoms with Crippen LogP contribution in [0.15, 0.2) is 18.2 Å². The number of hydrogen-bond acceptors (Lipinski definition) is 3. The number of nitrogens with zero attached hydrogens (tertiary/aromatic N) is 2. The average Bonchev–Trinajstić information content (AvgIpc) is 2.61. The Morgan fingerprint density at radius 3 is 2.89 bits per heavy atom. The van der Waals surface area contributed by atoms with Gasteiger partial charge in [-0.05, 0) is 31.0 Å². The zero-order valence-corrected chi connectivity index (χ0v) is 11.8. The minimum absolute atomic E-state index is 0.173. The summed E-state index contributed by atoms with van der Waals surface area (Å²) in [4.78, 5) is 4.34. The summed E-state index contributed by atoms with van der Waals surface area (Å²) in [6, 6.07) is 6.11. The summed E-state index contributed by atoms with van der Waals surface area (Å²) in [6.45, 7) is 4.81. The smallest absolute Gasteiger partial charge is 0.201 e. The summed E-state index contributed by atoms with van der Waals surface area (Å²) in [7, 11) is -0.791.